The first kappa shape index (κ1) is 21.2. The normalized spacial score (nSPS) is 19.7. The Morgan fingerprint density at radius 1 is 1.11 bits per heavy atom. The van der Waals surface area contributed by atoms with Gasteiger partial charge >= 0.3 is 11.9 Å². The predicted octanol–water partition coefficient (Wildman–Crippen LogP) is 4.18. The minimum Gasteiger partial charge on any atom is -0.481 e. The van der Waals surface area contributed by atoms with Crippen molar-refractivity contribution >= 4 is 34.2 Å². The number of esters is 1. The number of nitrogens with one attached hydrogen (secondary N) is 1. The number of thiophene rings is 1. The smallest absolute Gasteiger partial charge is 0.341 e. The number of allylic oxidation sites excluding steroid dienone is 2. The summed E-state index contributed by atoms with van der Waals surface area (Å²) >= 11 is 1.33. The van der Waals surface area contributed by atoms with Crippen LogP contribution in [0.5, 0.6) is 0 Å². The number of hydrogen-bond donors (Lipinski definition) is 2. The van der Waals surface area contributed by atoms with Gasteiger partial charge in [0.25, 0.3) is 0 Å². The van der Waals surface area contributed by atoms with Crippen LogP contribution in [0.15, 0.2) is 11.1 Å². The average molecular weight is 394 g/mol. The van der Waals surface area contributed by atoms with Gasteiger partial charge in [-0.3, -0.25) is 9.59 Å². The minimum absolute atomic E-state index is 0.247. The third-order valence-corrected chi connectivity index (χ3v) is 6.26. The number of carboxylic acid groups (broad SMARTS) is 1. The van der Waals surface area contributed by atoms with Gasteiger partial charge < -0.3 is 15.2 Å². The van der Waals surface area contributed by atoms with Crippen molar-refractivity contribution in [2.75, 3.05) is 11.9 Å². The topological polar surface area (TPSA) is 92.7 Å². The third-order valence-electron chi connectivity index (χ3n) is 5.20. The lowest BCUT2D eigenvalue weighted by atomic mass is 9.76. The summed E-state index contributed by atoms with van der Waals surface area (Å²) in [6, 6.07) is 0. The standard InChI is InChI=1S/C20H27NO5S/c1-6-13-12(5)27-18(16(13)20(25)26-7-2)21-17(22)14-8-10(3)11(4)9-15(14)19(23)24/h14-15H,6-9H2,1-5H3,(H,21,22)(H,23,24). The van der Waals surface area contributed by atoms with Gasteiger partial charge in [0.2, 0.25) is 5.91 Å². The highest BCUT2D eigenvalue weighted by Crippen LogP contribution is 2.38. The van der Waals surface area contributed by atoms with Crippen LogP contribution in [-0.2, 0) is 20.7 Å². The SMILES string of the molecule is CCOC(=O)c1c(NC(=O)C2CC(C)=C(C)CC2C(=O)O)sc(C)c1CC. The van der Waals surface area contributed by atoms with Crippen molar-refractivity contribution in [3.05, 3.63) is 27.2 Å². The molecule has 0 bridgehead atoms. The highest BCUT2D eigenvalue weighted by Gasteiger charge is 2.38. The molecule has 6 nitrogen and oxygen atoms in total. The number of ether oxygens (including phenoxy) is 1. The van der Waals surface area contributed by atoms with E-state index in [-0.39, 0.29) is 12.5 Å². The van der Waals surface area contributed by atoms with Gasteiger partial charge in [0, 0.05) is 4.88 Å². The van der Waals surface area contributed by atoms with Gasteiger partial charge in [0.15, 0.2) is 0 Å². The van der Waals surface area contributed by atoms with E-state index in [2.05, 4.69) is 5.32 Å². The molecule has 2 rings (SSSR count). The van der Waals surface area contributed by atoms with E-state index in [0.717, 1.165) is 21.6 Å². The van der Waals surface area contributed by atoms with Gasteiger partial charge in [-0.05, 0) is 52.5 Å². The lowest BCUT2D eigenvalue weighted by Crippen LogP contribution is -2.36. The van der Waals surface area contributed by atoms with Gasteiger partial charge in [-0.15, -0.1) is 11.3 Å². The Hall–Kier alpha value is -2.15. The fraction of sp³-hybridized carbons (Fsp3) is 0.550. The molecule has 2 unspecified atom stereocenters. The van der Waals surface area contributed by atoms with Crippen LogP contribution in [0.2, 0.25) is 0 Å². The number of amides is 1. The van der Waals surface area contributed by atoms with Crippen LogP contribution < -0.4 is 5.32 Å². The molecule has 1 heterocycles. The number of carboxylic acids is 1. The molecule has 2 N–H and O–H groups in total. The molecule has 0 fully saturated rings. The molecule has 1 aromatic heterocycles. The minimum atomic E-state index is -0.968. The van der Waals surface area contributed by atoms with Crippen molar-refractivity contribution in [3.63, 3.8) is 0 Å². The molecule has 0 saturated carbocycles. The maximum absolute atomic E-state index is 12.9. The summed E-state index contributed by atoms with van der Waals surface area (Å²) in [6.07, 6.45) is 1.43. The predicted molar refractivity (Wildman–Crippen MR) is 105 cm³/mol. The van der Waals surface area contributed by atoms with Gasteiger partial charge in [-0.2, -0.15) is 0 Å². The molecule has 7 heteroatoms. The number of aliphatic carboxylic acids is 1. The number of hydrogen-bond acceptors (Lipinski definition) is 5. The van der Waals surface area contributed by atoms with Crippen molar-refractivity contribution in [2.45, 2.75) is 53.9 Å². The van der Waals surface area contributed by atoms with Gasteiger partial charge in [-0.1, -0.05) is 18.1 Å². The fourth-order valence-electron chi connectivity index (χ4n) is 3.54. The Labute approximate surface area is 163 Å². The zero-order valence-corrected chi connectivity index (χ0v) is 17.3. The van der Waals surface area contributed by atoms with Crippen LogP contribution in [-0.4, -0.2) is 29.6 Å². The molecule has 0 radical (unpaired) electrons. The molecule has 27 heavy (non-hydrogen) atoms. The Morgan fingerprint density at radius 2 is 1.70 bits per heavy atom. The number of carbonyl (C=O) groups excluding carboxylic acids is 2. The molecule has 1 amide bonds. The second-order valence-electron chi connectivity index (χ2n) is 6.92. The first-order valence-electron chi connectivity index (χ1n) is 9.19. The Balaban J connectivity index is 2.34. The molecule has 1 aliphatic rings. The Morgan fingerprint density at radius 3 is 2.22 bits per heavy atom. The zero-order valence-electron chi connectivity index (χ0n) is 16.5. The summed E-state index contributed by atoms with van der Waals surface area (Å²) in [5.74, 6) is -3.20. The molecule has 0 aliphatic heterocycles. The van der Waals surface area contributed by atoms with Crippen molar-refractivity contribution in [1.29, 1.82) is 0 Å². The molecular formula is C20H27NO5S. The van der Waals surface area contributed by atoms with Crippen LogP contribution in [0.25, 0.3) is 0 Å². The van der Waals surface area contributed by atoms with Crippen molar-refractivity contribution < 1.29 is 24.2 Å². The van der Waals surface area contributed by atoms with E-state index >= 15 is 0 Å². The maximum atomic E-state index is 12.9. The monoisotopic (exact) mass is 393 g/mol. The zero-order chi connectivity index (χ0) is 20.3. The Kier molecular flexibility index (Phi) is 6.81. The fourth-order valence-corrected chi connectivity index (χ4v) is 4.68. The molecule has 0 saturated heterocycles. The van der Waals surface area contributed by atoms with Gasteiger partial charge in [0.1, 0.15) is 5.00 Å². The number of anilines is 1. The van der Waals surface area contributed by atoms with Crippen LogP contribution >= 0.6 is 11.3 Å². The lowest BCUT2D eigenvalue weighted by Gasteiger charge is -2.29. The van der Waals surface area contributed by atoms with E-state index in [4.69, 9.17) is 4.74 Å². The van der Waals surface area contributed by atoms with Crippen LogP contribution in [0.4, 0.5) is 5.00 Å². The van der Waals surface area contributed by atoms with E-state index in [1.54, 1.807) is 6.92 Å². The summed E-state index contributed by atoms with van der Waals surface area (Å²) in [5, 5.41) is 12.8. The second-order valence-corrected chi connectivity index (χ2v) is 8.15. The van der Waals surface area contributed by atoms with Gasteiger partial charge in [0.05, 0.1) is 24.0 Å². The summed E-state index contributed by atoms with van der Waals surface area (Å²) in [6.45, 7) is 9.67. The van der Waals surface area contributed by atoms with Crippen molar-refractivity contribution in [3.8, 4) is 0 Å². The first-order valence-corrected chi connectivity index (χ1v) is 10.0. The van der Waals surface area contributed by atoms with Crippen molar-refractivity contribution in [2.24, 2.45) is 11.8 Å². The summed E-state index contributed by atoms with van der Waals surface area (Å²) in [7, 11) is 0. The van der Waals surface area contributed by atoms with Crippen LogP contribution in [0.1, 0.15) is 61.3 Å². The third kappa shape index (κ3) is 4.40. The molecular weight excluding hydrogens is 366 g/mol. The second kappa shape index (κ2) is 8.69. The average Bonchev–Trinajstić information content (AvgIpc) is 2.91. The van der Waals surface area contributed by atoms with E-state index in [0.29, 0.717) is 29.8 Å². The molecule has 2 atom stereocenters. The lowest BCUT2D eigenvalue weighted by molar-refractivity contribution is -0.146. The highest BCUT2D eigenvalue weighted by molar-refractivity contribution is 7.16. The summed E-state index contributed by atoms with van der Waals surface area (Å²) < 4.78 is 5.16. The first-order chi connectivity index (χ1) is 12.7. The van der Waals surface area contributed by atoms with Gasteiger partial charge in [-0.25, -0.2) is 4.79 Å². The molecule has 1 aromatic rings. The molecule has 0 aromatic carbocycles. The van der Waals surface area contributed by atoms with E-state index in [9.17, 15) is 19.5 Å². The molecule has 1 aliphatic carbocycles. The number of aryl methyl sites for hydroxylation is 1. The van der Waals surface area contributed by atoms with Crippen LogP contribution in [0, 0.1) is 18.8 Å². The molecule has 148 valence electrons. The van der Waals surface area contributed by atoms with Crippen molar-refractivity contribution in [1.82, 2.24) is 0 Å². The number of rotatable bonds is 6. The van der Waals surface area contributed by atoms with E-state index in [1.807, 2.05) is 27.7 Å². The highest BCUT2D eigenvalue weighted by atomic mass is 32.1. The summed E-state index contributed by atoms with van der Waals surface area (Å²) in [4.78, 5) is 38.0. The van der Waals surface area contributed by atoms with E-state index in [1.165, 1.54) is 11.3 Å². The van der Waals surface area contributed by atoms with E-state index < -0.39 is 23.8 Å². The molecule has 0 spiro atoms. The van der Waals surface area contributed by atoms with Crippen LogP contribution in [0.3, 0.4) is 0 Å². The number of carbonyl (C=O) groups is 3. The Bertz CT molecular complexity index is 793. The summed E-state index contributed by atoms with van der Waals surface area (Å²) in [5.41, 5.74) is 3.33. The largest absolute Gasteiger partial charge is 0.481 e. The maximum Gasteiger partial charge on any atom is 0.341 e. The quantitative estimate of drug-likeness (QED) is 0.559.